The van der Waals surface area contributed by atoms with Gasteiger partial charge in [-0.05, 0) is 44.2 Å². The number of aliphatic hydroxyl groups excluding tert-OH is 1. The molecule has 2 rings (SSSR count). The van der Waals surface area contributed by atoms with E-state index in [1.807, 2.05) is 19.1 Å². The fourth-order valence-corrected chi connectivity index (χ4v) is 2.28. The Morgan fingerprint density at radius 3 is 2.62 bits per heavy atom. The van der Waals surface area contributed by atoms with Crippen molar-refractivity contribution in [2.24, 2.45) is 5.41 Å². The van der Waals surface area contributed by atoms with Crippen molar-refractivity contribution >= 4 is 5.82 Å². The fraction of sp³-hybridized carbons (Fsp3) is 0.500. The van der Waals surface area contributed by atoms with E-state index in [0.717, 1.165) is 36.5 Å². The van der Waals surface area contributed by atoms with Crippen molar-refractivity contribution in [3.63, 3.8) is 0 Å². The van der Waals surface area contributed by atoms with Crippen LogP contribution >= 0.6 is 0 Å². The molecule has 0 amide bonds. The smallest absolute Gasteiger partial charge is 0.254 e. The molecule has 3 N–H and O–H groups in total. The highest BCUT2D eigenvalue weighted by Gasteiger charge is 2.15. The number of aromatic nitrogens is 3. The lowest BCUT2D eigenvalue weighted by Gasteiger charge is -2.21. The third-order valence-corrected chi connectivity index (χ3v) is 4.20. The van der Waals surface area contributed by atoms with Crippen molar-refractivity contribution in [2.45, 2.75) is 40.5 Å². The molecule has 6 heteroatoms. The van der Waals surface area contributed by atoms with E-state index in [9.17, 15) is 9.90 Å². The molecular formula is C18H26N4O2. The van der Waals surface area contributed by atoms with Gasteiger partial charge < -0.3 is 15.4 Å². The second kappa shape index (κ2) is 7.57. The molecule has 2 aromatic heterocycles. The molecule has 0 saturated heterocycles. The fourth-order valence-electron chi connectivity index (χ4n) is 2.28. The second-order valence-electron chi connectivity index (χ2n) is 6.91. The van der Waals surface area contributed by atoms with Gasteiger partial charge in [-0.3, -0.25) is 4.79 Å². The largest absolute Gasteiger partial charge is 0.396 e. The summed E-state index contributed by atoms with van der Waals surface area (Å²) in [4.78, 5) is 23.4. The van der Waals surface area contributed by atoms with Crippen LogP contribution in [0.15, 0.2) is 23.1 Å². The predicted molar refractivity (Wildman–Crippen MR) is 96.2 cm³/mol. The zero-order valence-corrected chi connectivity index (χ0v) is 14.8. The zero-order valence-electron chi connectivity index (χ0n) is 14.8. The number of aliphatic hydroxyl groups is 1. The standard InChI is InChI=1S/C18H26N4O2/c1-12-13(2)21-16(22-17(12)24)14-6-7-15(20-10-14)19-9-5-8-18(3,4)11-23/h6-7,10,23H,5,8-9,11H2,1-4H3,(H,19,20)(H,21,22,24). The Morgan fingerprint density at radius 2 is 2.04 bits per heavy atom. The third-order valence-electron chi connectivity index (χ3n) is 4.20. The van der Waals surface area contributed by atoms with Crippen LogP contribution in [0.1, 0.15) is 37.9 Å². The number of rotatable bonds is 7. The number of hydrogen-bond acceptors (Lipinski definition) is 5. The monoisotopic (exact) mass is 330 g/mol. The molecular weight excluding hydrogens is 304 g/mol. The molecule has 0 radical (unpaired) electrons. The van der Waals surface area contributed by atoms with E-state index in [4.69, 9.17) is 0 Å². The minimum atomic E-state index is -0.119. The minimum absolute atomic E-state index is 0.0419. The highest BCUT2D eigenvalue weighted by molar-refractivity contribution is 5.56. The van der Waals surface area contributed by atoms with Crippen molar-refractivity contribution in [1.82, 2.24) is 15.0 Å². The van der Waals surface area contributed by atoms with Crippen molar-refractivity contribution in [1.29, 1.82) is 0 Å². The van der Waals surface area contributed by atoms with Crippen LogP contribution in [0.25, 0.3) is 11.4 Å². The number of aryl methyl sites for hydroxylation is 1. The molecule has 0 aliphatic heterocycles. The first-order chi connectivity index (χ1) is 11.3. The maximum atomic E-state index is 11.8. The van der Waals surface area contributed by atoms with Gasteiger partial charge in [0.25, 0.3) is 5.56 Å². The van der Waals surface area contributed by atoms with Crippen LogP contribution in [-0.4, -0.2) is 33.2 Å². The summed E-state index contributed by atoms with van der Waals surface area (Å²) in [5.74, 6) is 1.32. The van der Waals surface area contributed by atoms with Gasteiger partial charge in [-0.1, -0.05) is 13.8 Å². The molecule has 0 saturated carbocycles. The topological polar surface area (TPSA) is 90.9 Å². The Balaban J connectivity index is 1.97. The van der Waals surface area contributed by atoms with Gasteiger partial charge in [-0.15, -0.1) is 0 Å². The summed E-state index contributed by atoms with van der Waals surface area (Å²) in [7, 11) is 0. The molecule has 2 heterocycles. The van der Waals surface area contributed by atoms with Gasteiger partial charge in [-0.25, -0.2) is 9.97 Å². The van der Waals surface area contributed by atoms with E-state index in [2.05, 4.69) is 34.1 Å². The van der Waals surface area contributed by atoms with Gasteiger partial charge >= 0.3 is 0 Å². The summed E-state index contributed by atoms with van der Waals surface area (Å²) in [6, 6.07) is 3.77. The zero-order chi connectivity index (χ0) is 17.7. The van der Waals surface area contributed by atoms with Crippen molar-refractivity contribution in [3.8, 4) is 11.4 Å². The Hall–Kier alpha value is -2.21. The van der Waals surface area contributed by atoms with E-state index in [0.29, 0.717) is 11.4 Å². The average Bonchev–Trinajstić information content (AvgIpc) is 2.57. The minimum Gasteiger partial charge on any atom is -0.396 e. The Morgan fingerprint density at radius 1 is 1.29 bits per heavy atom. The van der Waals surface area contributed by atoms with Crippen LogP contribution in [0, 0.1) is 19.3 Å². The Bertz CT molecular complexity index is 736. The summed E-state index contributed by atoms with van der Waals surface area (Å²) < 4.78 is 0. The molecule has 0 aromatic carbocycles. The van der Waals surface area contributed by atoms with Crippen molar-refractivity contribution < 1.29 is 5.11 Å². The van der Waals surface area contributed by atoms with Crippen molar-refractivity contribution in [2.75, 3.05) is 18.5 Å². The van der Waals surface area contributed by atoms with Gasteiger partial charge in [0.1, 0.15) is 11.6 Å². The van der Waals surface area contributed by atoms with Crippen LogP contribution in [0.2, 0.25) is 0 Å². The van der Waals surface area contributed by atoms with Gasteiger partial charge in [0, 0.05) is 36.2 Å². The lowest BCUT2D eigenvalue weighted by atomic mass is 9.89. The number of H-pyrrole nitrogens is 1. The molecule has 0 aliphatic carbocycles. The molecule has 0 bridgehead atoms. The molecule has 0 unspecified atom stereocenters. The highest BCUT2D eigenvalue weighted by atomic mass is 16.3. The average molecular weight is 330 g/mol. The maximum Gasteiger partial charge on any atom is 0.254 e. The van der Waals surface area contributed by atoms with Crippen LogP contribution in [0.5, 0.6) is 0 Å². The van der Waals surface area contributed by atoms with E-state index in [-0.39, 0.29) is 17.6 Å². The third kappa shape index (κ3) is 4.64. The molecule has 0 atom stereocenters. The lowest BCUT2D eigenvalue weighted by Crippen LogP contribution is -2.18. The normalized spacial score (nSPS) is 11.5. The Labute approximate surface area is 142 Å². The van der Waals surface area contributed by atoms with Gasteiger partial charge in [0.2, 0.25) is 0 Å². The maximum absolute atomic E-state index is 11.8. The van der Waals surface area contributed by atoms with Gasteiger partial charge in [0.05, 0.1) is 0 Å². The molecule has 0 aliphatic rings. The summed E-state index contributed by atoms with van der Waals surface area (Å²) in [6.07, 6.45) is 3.61. The first-order valence-corrected chi connectivity index (χ1v) is 8.21. The lowest BCUT2D eigenvalue weighted by molar-refractivity contribution is 0.149. The molecule has 130 valence electrons. The second-order valence-corrected chi connectivity index (χ2v) is 6.91. The molecule has 2 aromatic rings. The molecule has 6 nitrogen and oxygen atoms in total. The van der Waals surface area contributed by atoms with Crippen LogP contribution in [0.3, 0.4) is 0 Å². The van der Waals surface area contributed by atoms with E-state index in [1.54, 1.807) is 13.1 Å². The quantitative estimate of drug-likeness (QED) is 0.679. The van der Waals surface area contributed by atoms with Crippen LogP contribution in [-0.2, 0) is 0 Å². The van der Waals surface area contributed by atoms with Crippen LogP contribution < -0.4 is 10.9 Å². The number of aromatic amines is 1. The number of pyridine rings is 1. The molecule has 0 fully saturated rings. The number of nitrogens with one attached hydrogen (secondary N) is 2. The SMILES string of the molecule is Cc1nc(-c2ccc(NCCCC(C)(C)CO)nc2)[nH]c(=O)c1C. The summed E-state index contributed by atoms with van der Waals surface area (Å²) in [6.45, 7) is 8.68. The first kappa shape index (κ1) is 18.1. The summed E-state index contributed by atoms with van der Waals surface area (Å²) >= 11 is 0. The summed E-state index contributed by atoms with van der Waals surface area (Å²) in [5, 5.41) is 12.5. The first-order valence-electron chi connectivity index (χ1n) is 8.21. The number of hydrogen-bond donors (Lipinski definition) is 3. The van der Waals surface area contributed by atoms with E-state index >= 15 is 0 Å². The molecule has 24 heavy (non-hydrogen) atoms. The van der Waals surface area contributed by atoms with Crippen molar-refractivity contribution in [3.05, 3.63) is 39.9 Å². The molecule has 0 spiro atoms. The van der Waals surface area contributed by atoms with Crippen LogP contribution in [0.4, 0.5) is 5.82 Å². The number of anilines is 1. The Kier molecular flexibility index (Phi) is 5.72. The highest BCUT2D eigenvalue weighted by Crippen LogP contribution is 2.21. The van der Waals surface area contributed by atoms with Gasteiger partial charge in [-0.2, -0.15) is 0 Å². The van der Waals surface area contributed by atoms with Gasteiger partial charge in [0.15, 0.2) is 0 Å². The number of nitrogens with zero attached hydrogens (tertiary/aromatic N) is 2. The summed E-state index contributed by atoms with van der Waals surface area (Å²) in [5.41, 5.74) is 1.98. The predicted octanol–water partition coefficient (Wildman–Crippen LogP) is 2.66. The van der Waals surface area contributed by atoms with E-state index < -0.39 is 0 Å². The van der Waals surface area contributed by atoms with E-state index in [1.165, 1.54) is 0 Å².